The predicted molar refractivity (Wildman–Crippen MR) is 63.8 cm³/mol. The monoisotopic (exact) mass is 217 g/mol. The van der Waals surface area contributed by atoms with E-state index in [1.807, 2.05) is 13.8 Å². The van der Waals surface area contributed by atoms with Gasteiger partial charge in [0.05, 0.1) is 15.0 Å². The minimum absolute atomic E-state index is 0.437. The van der Waals surface area contributed by atoms with E-state index in [1.54, 1.807) is 24.2 Å². The lowest BCUT2D eigenvalue weighted by Gasteiger charge is -2.11. The van der Waals surface area contributed by atoms with Gasteiger partial charge in [0.1, 0.15) is 5.75 Å². The lowest BCUT2D eigenvalue weighted by Crippen LogP contribution is -2.01. The number of hydrogen-bond acceptors (Lipinski definition) is 2. The summed E-state index contributed by atoms with van der Waals surface area (Å²) in [6, 6.07) is 4.63. The van der Waals surface area contributed by atoms with Crippen LogP contribution >= 0.6 is 0 Å². The van der Waals surface area contributed by atoms with Gasteiger partial charge in [0.25, 0.3) is 0 Å². The molecule has 0 amide bonds. The first kappa shape index (κ1) is 9.46. The van der Waals surface area contributed by atoms with Crippen LogP contribution in [0.3, 0.4) is 0 Å². The number of aryl methyl sites for hydroxylation is 2. The van der Waals surface area contributed by atoms with Crippen molar-refractivity contribution in [3.05, 3.63) is 47.3 Å². The van der Waals surface area contributed by atoms with Crippen molar-refractivity contribution >= 4 is 0 Å². The molecule has 0 N–H and O–H groups in total. The molecule has 1 heterocycles. The number of aromatic nitrogens is 2. The molecule has 1 aromatic carbocycles. The Bertz CT molecular complexity index is 511. The third-order valence-corrected chi connectivity index (χ3v) is 2.57. The molecule has 2 aromatic rings. The normalized spacial score (nSPS) is 11.3. The lowest BCUT2D eigenvalue weighted by atomic mass is 10.1. The number of ether oxygens (including phenoxy) is 1. The highest BCUT2D eigenvalue weighted by atomic mass is 16.5. The van der Waals surface area contributed by atoms with E-state index in [9.17, 15) is 0 Å². The van der Waals surface area contributed by atoms with Gasteiger partial charge in [0, 0.05) is 12.4 Å². The maximum Gasteiger partial charge on any atom is 0.124 e. The van der Waals surface area contributed by atoms with Gasteiger partial charge in [-0.05, 0) is 36.6 Å². The van der Waals surface area contributed by atoms with Crippen LogP contribution in [0.5, 0.6) is 5.75 Å². The Morgan fingerprint density at radius 3 is 2.56 bits per heavy atom. The number of hydrogen-bond donors (Lipinski definition) is 0. The summed E-state index contributed by atoms with van der Waals surface area (Å²) in [7, 11) is 1.69. The average Bonchev–Trinajstić information content (AvgIpc) is 2.63. The molecular weight excluding hydrogens is 200 g/mol. The smallest absolute Gasteiger partial charge is 0.124 e. The van der Waals surface area contributed by atoms with Crippen LogP contribution in [0.4, 0.5) is 0 Å². The molecule has 1 aromatic heterocycles. The van der Waals surface area contributed by atoms with Gasteiger partial charge < -0.3 is 4.74 Å². The second-order valence-corrected chi connectivity index (χ2v) is 3.90. The van der Waals surface area contributed by atoms with Gasteiger partial charge >= 0.3 is 0 Å². The highest BCUT2D eigenvalue weighted by Crippen LogP contribution is 2.24. The van der Waals surface area contributed by atoms with E-state index in [4.69, 9.17) is 6.11 Å². The molecule has 16 heavy (non-hydrogen) atoms. The van der Waals surface area contributed by atoms with Crippen LogP contribution in [-0.4, -0.2) is 16.9 Å². The van der Waals surface area contributed by atoms with Gasteiger partial charge in [-0.2, -0.15) is 5.10 Å². The van der Waals surface area contributed by atoms with Crippen molar-refractivity contribution in [2.75, 3.05) is 7.11 Å². The number of benzene rings is 1. The molecule has 0 radical (unpaired) electrons. The van der Waals surface area contributed by atoms with Crippen LogP contribution in [-0.2, 0) is 6.54 Å². The summed E-state index contributed by atoms with van der Waals surface area (Å²) in [5, 5.41) is 4.11. The molecule has 3 nitrogen and oxygen atoms in total. The van der Waals surface area contributed by atoms with Crippen LogP contribution in [0.15, 0.2) is 30.6 Å². The molecule has 0 fully saturated rings. The van der Waals surface area contributed by atoms with Crippen molar-refractivity contribution < 1.29 is 6.11 Å². The zero-order valence-corrected chi connectivity index (χ0v) is 9.82. The van der Waals surface area contributed by atoms with E-state index in [1.165, 1.54) is 5.56 Å². The highest BCUT2D eigenvalue weighted by molar-refractivity contribution is 5.43. The number of methoxy groups -OCH3 is 1. The van der Waals surface area contributed by atoms with Gasteiger partial charge in [0.15, 0.2) is 0 Å². The Labute approximate surface area is 97.1 Å². The largest absolute Gasteiger partial charge is 0.496 e. The van der Waals surface area contributed by atoms with E-state index in [2.05, 4.69) is 17.2 Å². The van der Waals surface area contributed by atoms with E-state index in [0.717, 1.165) is 16.9 Å². The molecule has 0 bridgehead atoms. The quantitative estimate of drug-likeness (QED) is 0.790. The molecule has 0 aliphatic heterocycles. The molecule has 0 spiro atoms. The van der Waals surface area contributed by atoms with Gasteiger partial charge in [-0.3, -0.25) is 4.68 Å². The minimum Gasteiger partial charge on any atom is -0.496 e. The van der Waals surface area contributed by atoms with E-state index in [-0.39, 0.29) is 0 Å². The van der Waals surface area contributed by atoms with E-state index in [0.29, 0.717) is 12.6 Å². The fourth-order valence-corrected chi connectivity index (χ4v) is 1.99. The Hall–Kier alpha value is -1.77. The summed E-state index contributed by atoms with van der Waals surface area (Å²) in [5.41, 5.74) is 3.42. The third kappa shape index (κ3) is 2.08. The molecule has 3 heteroatoms. The fourth-order valence-electron chi connectivity index (χ4n) is 1.99. The van der Waals surface area contributed by atoms with E-state index < -0.39 is 0 Å². The molecule has 0 atom stereocenters. The summed E-state index contributed by atoms with van der Waals surface area (Å²) in [6.45, 7) is 4.76. The third-order valence-electron chi connectivity index (χ3n) is 2.57. The molecular formula is C13H16N2O. The fraction of sp³-hybridized carbons (Fsp3) is 0.308. The zero-order chi connectivity index (χ0) is 12.4. The summed E-state index contributed by atoms with van der Waals surface area (Å²) < 4.78 is 14.5. The van der Waals surface area contributed by atoms with Gasteiger partial charge in [-0.15, -0.1) is 0 Å². The summed E-state index contributed by atoms with van der Waals surface area (Å²) in [4.78, 5) is 0. The van der Waals surface area contributed by atoms with Crippen molar-refractivity contribution in [2.24, 2.45) is 0 Å². The van der Waals surface area contributed by atoms with Crippen LogP contribution in [0.25, 0.3) is 0 Å². The van der Waals surface area contributed by atoms with Crippen molar-refractivity contribution in [1.29, 1.82) is 0 Å². The van der Waals surface area contributed by atoms with Crippen molar-refractivity contribution in [2.45, 2.75) is 20.4 Å². The maximum atomic E-state index is 7.43. The highest BCUT2D eigenvalue weighted by Gasteiger charge is 2.05. The molecule has 2 rings (SSSR count). The predicted octanol–water partition coefficient (Wildman–Crippen LogP) is 2.56. The topological polar surface area (TPSA) is 27.1 Å². The van der Waals surface area contributed by atoms with Crippen molar-refractivity contribution in [3.8, 4) is 5.75 Å². The SMILES string of the molecule is [2H]c1cnn(Cc2cc(C)c(OC)c(C)c2)c1. The molecule has 0 saturated heterocycles. The van der Waals surface area contributed by atoms with Crippen molar-refractivity contribution in [3.63, 3.8) is 0 Å². The first-order valence-corrected chi connectivity index (χ1v) is 5.23. The average molecular weight is 217 g/mol. The molecule has 0 saturated carbocycles. The van der Waals surface area contributed by atoms with Crippen molar-refractivity contribution in [1.82, 2.24) is 9.78 Å². The van der Waals surface area contributed by atoms with Crippen LogP contribution < -0.4 is 4.74 Å². The number of nitrogens with zero attached hydrogens (tertiary/aromatic N) is 2. The standard InChI is InChI=1S/C13H16N2O/c1-10-7-12(8-11(2)13(10)16-3)9-15-6-4-5-14-15/h4-8H,9H2,1-3H3/i4D. The van der Waals surface area contributed by atoms with Gasteiger partial charge in [-0.25, -0.2) is 0 Å². The number of rotatable bonds is 3. The Balaban J connectivity index is 2.28. The second kappa shape index (κ2) is 4.39. The second-order valence-electron chi connectivity index (χ2n) is 3.90. The zero-order valence-electron chi connectivity index (χ0n) is 10.8. The summed E-state index contributed by atoms with van der Waals surface area (Å²) in [5.74, 6) is 0.940. The van der Waals surface area contributed by atoms with Gasteiger partial charge in [-0.1, -0.05) is 12.1 Å². The minimum atomic E-state index is 0.437. The first-order chi connectivity index (χ1) is 8.10. The van der Waals surface area contributed by atoms with E-state index >= 15 is 0 Å². The maximum absolute atomic E-state index is 7.43. The van der Waals surface area contributed by atoms with Crippen LogP contribution in [0.2, 0.25) is 0 Å². The van der Waals surface area contributed by atoms with Gasteiger partial charge in [0.2, 0.25) is 0 Å². The first-order valence-electron chi connectivity index (χ1n) is 5.73. The molecule has 0 aliphatic carbocycles. The summed E-state index contributed by atoms with van der Waals surface area (Å²) in [6.07, 6.45) is 3.26. The Morgan fingerprint density at radius 2 is 2.06 bits per heavy atom. The molecule has 84 valence electrons. The molecule has 0 unspecified atom stereocenters. The van der Waals surface area contributed by atoms with Crippen LogP contribution in [0, 0.1) is 13.8 Å². The lowest BCUT2D eigenvalue weighted by molar-refractivity contribution is 0.408. The Morgan fingerprint density at radius 1 is 1.38 bits per heavy atom. The van der Waals surface area contributed by atoms with Crippen LogP contribution in [0.1, 0.15) is 18.1 Å². The molecule has 0 aliphatic rings. The summed E-state index contributed by atoms with van der Waals surface area (Å²) >= 11 is 0. The Kier molecular flexibility index (Phi) is 2.59.